The van der Waals surface area contributed by atoms with E-state index in [4.69, 9.17) is 0 Å². The molecule has 0 aliphatic heterocycles. The molecule has 0 aliphatic rings. The van der Waals surface area contributed by atoms with Gasteiger partial charge in [-0.2, -0.15) is 9.61 Å². The summed E-state index contributed by atoms with van der Waals surface area (Å²) in [6.07, 6.45) is 3.09. The average molecular weight is 268 g/mol. The fourth-order valence-electron chi connectivity index (χ4n) is 2.20. The van der Waals surface area contributed by atoms with Gasteiger partial charge in [-0.05, 0) is 11.4 Å². The highest BCUT2D eigenvalue weighted by atomic mass is 32.1. The average Bonchev–Trinajstić information content (AvgIpc) is 3.02. The number of nitrogens with zero attached hydrogens (tertiary/aromatic N) is 3. The molecule has 4 rings (SSSR count). The monoisotopic (exact) mass is 268 g/mol. The molecule has 5 nitrogen and oxygen atoms in total. The van der Waals surface area contributed by atoms with Crippen molar-refractivity contribution < 1.29 is 0 Å². The van der Waals surface area contributed by atoms with Crippen molar-refractivity contribution in [1.82, 2.24) is 19.6 Å². The molecule has 0 atom stereocenters. The number of hydrogen-bond acceptors (Lipinski definition) is 4. The molecule has 92 valence electrons. The van der Waals surface area contributed by atoms with Gasteiger partial charge in [0.05, 0.1) is 12.5 Å². The Bertz CT molecular complexity index is 950. The largest absolute Gasteiger partial charge is 0.349 e. The topological polar surface area (TPSA) is 63.0 Å². The third kappa shape index (κ3) is 1.43. The van der Waals surface area contributed by atoms with Crippen molar-refractivity contribution in [3.8, 4) is 11.1 Å². The number of aromatic amines is 1. The lowest BCUT2D eigenvalue weighted by Gasteiger charge is -1.96. The van der Waals surface area contributed by atoms with Crippen molar-refractivity contribution in [1.29, 1.82) is 0 Å². The minimum absolute atomic E-state index is 0.282. The van der Waals surface area contributed by atoms with E-state index in [0.29, 0.717) is 5.65 Å². The Hall–Kier alpha value is -2.47. The van der Waals surface area contributed by atoms with E-state index in [9.17, 15) is 4.79 Å². The highest BCUT2D eigenvalue weighted by Gasteiger charge is 2.13. The lowest BCUT2D eigenvalue weighted by Crippen LogP contribution is -2.17. The van der Waals surface area contributed by atoms with Crippen LogP contribution in [0.1, 0.15) is 0 Å². The van der Waals surface area contributed by atoms with Gasteiger partial charge in [0.25, 0.3) is 0 Å². The number of benzene rings is 1. The van der Waals surface area contributed by atoms with Crippen molar-refractivity contribution in [2.24, 2.45) is 0 Å². The molecule has 0 spiro atoms. The molecule has 0 radical (unpaired) electrons. The molecule has 0 saturated carbocycles. The normalized spacial score (nSPS) is 11.4. The Morgan fingerprint density at radius 3 is 3.05 bits per heavy atom. The van der Waals surface area contributed by atoms with Crippen LogP contribution in [0, 0.1) is 0 Å². The Balaban J connectivity index is 2.10. The third-order valence-electron chi connectivity index (χ3n) is 3.08. The Labute approximate surface area is 111 Å². The number of hydrogen-bond donors (Lipinski definition) is 1. The standard InChI is InChI=1S/C13H8N4OS/c18-13-15-7-14-12-9(5-16-17(12)13)10-6-19-11-4-2-1-3-8(10)11/h1-7H,(H,14,15,18). The summed E-state index contributed by atoms with van der Waals surface area (Å²) in [5, 5.41) is 7.33. The summed E-state index contributed by atoms with van der Waals surface area (Å²) in [4.78, 5) is 18.4. The van der Waals surface area contributed by atoms with Gasteiger partial charge in [-0.15, -0.1) is 11.3 Å². The fraction of sp³-hybridized carbons (Fsp3) is 0. The third-order valence-corrected chi connectivity index (χ3v) is 4.05. The van der Waals surface area contributed by atoms with Gasteiger partial charge in [-0.3, -0.25) is 4.98 Å². The van der Waals surface area contributed by atoms with E-state index in [1.807, 2.05) is 12.1 Å². The van der Waals surface area contributed by atoms with Crippen LogP contribution in [-0.4, -0.2) is 19.6 Å². The van der Waals surface area contributed by atoms with E-state index in [1.165, 1.54) is 15.5 Å². The van der Waals surface area contributed by atoms with E-state index >= 15 is 0 Å². The van der Waals surface area contributed by atoms with E-state index in [-0.39, 0.29) is 5.69 Å². The summed E-state index contributed by atoms with van der Waals surface area (Å²) in [5.74, 6) is 0. The molecule has 3 aromatic heterocycles. The van der Waals surface area contributed by atoms with Gasteiger partial charge in [-0.25, -0.2) is 9.78 Å². The second-order valence-electron chi connectivity index (χ2n) is 4.15. The molecule has 0 amide bonds. The second kappa shape index (κ2) is 3.76. The smallest absolute Gasteiger partial charge is 0.296 e. The Kier molecular flexibility index (Phi) is 2.07. The zero-order valence-electron chi connectivity index (χ0n) is 9.70. The number of H-pyrrole nitrogens is 1. The van der Waals surface area contributed by atoms with Crippen LogP contribution in [0.3, 0.4) is 0 Å². The molecule has 1 aromatic carbocycles. The van der Waals surface area contributed by atoms with Gasteiger partial charge in [0.15, 0.2) is 5.65 Å². The molecule has 0 saturated heterocycles. The molecular weight excluding hydrogens is 260 g/mol. The van der Waals surface area contributed by atoms with Gasteiger partial charge in [-0.1, -0.05) is 18.2 Å². The lowest BCUT2D eigenvalue weighted by atomic mass is 10.1. The van der Waals surface area contributed by atoms with Gasteiger partial charge in [0.2, 0.25) is 0 Å². The van der Waals surface area contributed by atoms with E-state index in [0.717, 1.165) is 16.5 Å². The lowest BCUT2D eigenvalue weighted by molar-refractivity contribution is 0.840. The molecule has 3 heterocycles. The predicted octanol–water partition coefficient (Wildman–Crippen LogP) is 2.30. The number of rotatable bonds is 1. The molecular formula is C13H8N4OS. The van der Waals surface area contributed by atoms with E-state index in [2.05, 4.69) is 32.6 Å². The van der Waals surface area contributed by atoms with Crippen LogP contribution < -0.4 is 5.69 Å². The van der Waals surface area contributed by atoms with Gasteiger partial charge in [0.1, 0.15) is 0 Å². The van der Waals surface area contributed by atoms with Crippen LogP contribution in [0.15, 0.2) is 47.0 Å². The maximum Gasteiger partial charge on any atom is 0.349 e. The maximum atomic E-state index is 11.6. The van der Waals surface area contributed by atoms with Gasteiger partial charge in [0, 0.05) is 21.2 Å². The predicted molar refractivity (Wildman–Crippen MR) is 74.4 cm³/mol. The summed E-state index contributed by atoms with van der Waals surface area (Å²) in [5.41, 5.74) is 2.24. The second-order valence-corrected chi connectivity index (χ2v) is 5.06. The summed E-state index contributed by atoms with van der Waals surface area (Å²) < 4.78 is 2.49. The first-order chi connectivity index (χ1) is 9.34. The number of thiophene rings is 1. The van der Waals surface area contributed by atoms with Crippen molar-refractivity contribution in [3.05, 3.63) is 52.7 Å². The summed E-state index contributed by atoms with van der Waals surface area (Å²) in [7, 11) is 0. The van der Waals surface area contributed by atoms with Crippen molar-refractivity contribution in [3.63, 3.8) is 0 Å². The van der Waals surface area contributed by atoms with Crippen molar-refractivity contribution >= 4 is 27.1 Å². The minimum atomic E-state index is -0.282. The zero-order chi connectivity index (χ0) is 12.8. The van der Waals surface area contributed by atoms with Gasteiger partial charge >= 0.3 is 5.69 Å². The first-order valence-corrected chi connectivity index (χ1v) is 6.60. The highest BCUT2D eigenvalue weighted by molar-refractivity contribution is 7.17. The van der Waals surface area contributed by atoms with E-state index < -0.39 is 0 Å². The van der Waals surface area contributed by atoms with Crippen LogP contribution in [-0.2, 0) is 0 Å². The zero-order valence-corrected chi connectivity index (χ0v) is 10.5. The van der Waals surface area contributed by atoms with Gasteiger partial charge < -0.3 is 0 Å². The minimum Gasteiger partial charge on any atom is -0.296 e. The first kappa shape index (κ1) is 10.5. The quantitative estimate of drug-likeness (QED) is 0.576. The first-order valence-electron chi connectivity index (χ1n) is 5.72. The molecule has 0 bridgehead atoms. The van der Waals surface area contributed by atoms with Crippen molar-refractivity contribution in [2.45, 2.75) is 0 Å². The summed E-state index contributed by atoms with van der Waals surface area (Å²) in [6, 6.07) is 8.17. The van der Waals surface area contributed by atoms with Crippen LogP contribution in [0.25, 0.3) is 26.9 Å². The Morgan fingerprint density at radius 1 is 1.21 bits per heavy atom. The molecule has 6 heteroatoms. The summed E-state index contributed by atoms with van der Waals surface area (Å²) >= 11 is 1.67. The molecule has 0 fully saturated rings. The number of nitrogens with one attached hydrogen (secondary N) is 1. The SMILES string of the molecule is O=c1[nH]cnc2c(-c3csc4ccccc34)cnn12. The molecule has 0 aliphatic carbocycles. The fourth-order valence-corrected chi connectivity index (χ4v) is 3.16. The molecule has 4 aromatic rings. The molecule has 0 unspecified atom stereocenters. The highest BCUT2D eigenvalue weighted by Crippen LogP contribution is 2.34. The molecule has 1 N–H and O–H groups in total. The van der Waals surface area contributed by atoms with E-state index in [1.54, 1.807) is 17.5 Å². The van der Waals surface area contributed by atoms with Crippen LogP contribution >= 0.6 is 11.3 Å². The number of fused-ring (bicyclic) bond motifs is 2. The van der Waals surface area contributed by atoms with Crippen molar-refractivity contribution in [2.75, 3.05) is 0 Å². The molecule has 19 heavy (non-hydrogen) atoms. The maximum absolute atomic E-state index is 11.6. The summed E-state index contributed by atoms with van der Waals surface area (Å²) in [6.45, 7) is 0. The van der Waals surface area contributed by atoms with Crippen LogP contribution in [0.2, 0.25) is 0 Å². The number of aromatic nitrogens is 4. The van der Waals surface area contributed by atoms with Crippen LogP contribution in [0.5, 0.6) is 0 Å². The van der Waals surface area contributed by atoms with Crippen LogP contribution in [0.4, 0.5) is 0 Å². The Morgan fingerprint density at radius 2 is 2.11 bits per heavy atom.